The molecule has 1 aromatic carbocycles. The minimum Gasteiger partial charge on any atom is -0.495 e. The summed E-state index contributed by atoms with van der Waals surface area (Å²) >= 11 is 0. The summed E-state index contributed by atoms with van der Waals surface area (Å²) < 4.78 is 12.7. The predicted molar refractivity (Wildman–Crippen MR) is 110 cm³/mol. The summed E-state index contributed by atoms with van der Waals surface area (Å²) in [6.45, 7) is 0. The number of aromatic amines is 1. The van der Waals surface area contributed by atoms with Gasteiger partial charge >= 0.3 is 0 Å². The van der Waals surface area contributed by atoms with Crippen molar-refractivity contribution in [3.8, 4) is 28.1 Å². The van der Waals surface area contributed by atoms with Crippen LogP contribution in [0, 0.1) is 0 Å². The molecule has 0 unspecified atom stereocenters. The first-order chi connectivity index (χ1) is 14.2. The molecule has 8 nitrogen and oxygen atoms in total. The molecule has 0 atom stereocenters. The summed E-state index contributed by atoms with van der Waals surface area (Å²) in [5, 5.41) is 11.6. The fourth-order valence-corrected chi connectivity index (χ4v) is 3.35. The highest BCUT2D eigenvalue weighted by molar-refractivity contribution is 6.00. The Morgan fingerprint density at radius 1 is 1.10 bits per heavy atom. The average molecular weight is 386 g/mol. The minimum absolute atomic E-state index is 0.589. The standard InChI is InChI=1S/C21H18N6O2/c1-27-7-5-14(10-27)19-18-20(22-12-23-21(18)26-25-19)24-16-9-13(3-4-17(16)28-2)15-6-8-29-11-15/h3-12H,1-2H3,(H2,22,23,24,25,26). The van der Waals surface area contributed by atoms with Crippen LogP contribution in [0.1, 0.15) is 0 Å². The van der Waals surface area contributed by atoms with Crippen LogP contribution in [0.3, 0.4) is 0 Å². The topological polar surface area (TPSA) is 93.8 Å². The van der Waals surface area contributed by atoms with Crippen LogP contribution >= 0.6 is 0 Å². The summed E-state index contributed by atoms with van der Waals surface area (Å²) in [7, 11) is 3.62. The zero-order valence-corrected chi connectivity index (χ0v) is 15.9. The fourth-order valence-electron chi connectivity index (χ4n) is 3.35. The van der Waals surface area contributed by atoms with Crippen LogP contribution in [0.4, 0.5) is 11.5 Å². The molecule has 0 bridgehead atoms. The summed E-state index contributed by atoms with van der Waals surface area (Å²) in [5.41, 5.74) is 5.22. The van der Waals surface area contributed by atoms with Crippen LogP contribution in [-0.2, 0) is 7.05 Å². The van der Waals surface area contributed by atoms with E-state index >= 15 is 0 Å². The van der Waals surface area contributed by atoms with E-state index in [1.54, 1.807) is 19.6 Å². The molecule has 5 rings (SSSR count). The number of hydrogen-bond acceptors (Lipinski definition) is 6. The van der Waals surface area contributed by atoms with Gasteiger partial charge in [-0.05, 0) is 29.8 Å². The highest BCUT2D eigenvalue weighted by Gasteiger charge is 2.16. The van der Waals surface area contributed by atoms with Crippen molar-refractivity contribution in [1.82, 2.24) is 24.7 Å². The van der Waals surface area contributed by atoms with Crippen molar-refractivity contribution in [2.75, 3.05) is 12.4 Å². The molecule has 5 aromatic rings. The van der Waals surface area contributed by atoms with Gasteiger partial charge in [-0.2, -0.15) is 5.10 Å². The van der Waals surface area contributed by atoms with Crippen LogP contribution in [-0.4, -0.2) is 31.8 Å². The Morgan fingerprint density at radius 2 is 2.03 bits per heavy atom. The van der Waals surface area contributed by atoms with E-state index in [2.05, 4.69) is 25.5 Å². The molecule has 29 heavy (non-hydrogen) atoms. The number of hydrogen-bond donors (Lipinski definition) is 2. The molecule has 4 heterocycles. The Labute approximate surface area is 166 Å². The molecule has 0 saturated carbocycles. The number of H-pyrrole nitrogens is 1. The van der Waals surface area contributed by atoms with Gasteiger partial charge in [0, 0.05) is 30.6 Å². The second-order valence-electron chi connectivity index (χ2n) is 6.64. The number of aryl methyl sites for hydroxylation is 1. The first-order valence-corrected chi connectivity index (χ1v) is 9.02. The van der Waals surface area contributed by atoms with Crippen molar-refractivity contribution in [3.63, 3.8) is 0 Å². The second-order valence-corrected chi connectivity index (χ2v) is 6.64. The van der Waals surface area contributed by atoms with Gasteiger partial charge in [0.2, 0.25) is 0 Å². The van der Waals surface area contributed by atoms with Crippen LogP contribution in [0.5, 0.6) is 5.75 Å². The Kier molecular flexibility index (Phi) is 4.02. The van der Waals surface area contributed by atoms with E-state index in [1.165, 1.54) is 6.33 Å². The number of nitrogens with one attached hydrogen (secondary N) is 2. The first kappa shape index (κ1) is 17.1. The number of methoxy groups -OCH3 is 1. The van der Waals surface area contributed by atoms with E-state index in [4.69, 9.17) is 9.15 Å². The summed E-state index contributed by atoms with van der Waals surface area (Å²) in [6, 6.07) is 9.83. The van der Waals surface area contributed by atoms with Crippen LogP contribution < -0.4 is 10.1 Å². The Hall–Kier alpha value is -4.07. The molecule has 144 valence electrons. The molecular weight excluding hydrogens is 368 g/mol. The molecule has 0 aliphatic heterocycles. The van der Waals surface area contributed by atoms with Crippen molar-refractivity contribution in [2.24, 2.45) is 7.05 Å². The predicted octanol–water partition coefficient (Wildman–Crippen LogP) is 4.37. The number of nitrogens with zero attached hydrogens (tertiary/aromatic N) is 4. The summed E-state index contributed by atoms with van der Waals surface area (Å²) in [4.78, 5) is 8.77. The van der Waals surface area contributed by atoms with Gasteiger partial charge in [0.05, 0.1) is 36.4 Å². The van der Waals surface area contributed by atoms with E-state index < -0.39 is 0 Å². The molecule has 0 spiro atoms. The van der Waals surface area contributed by atoms with E-state index in [1.807, 2.05) is 54.3 Å². The molecular formula is C21H18N6O2. The van der Waals surface area contributed by atoms with Gasteiger partial charge < -0.3 is 19.0 Å². The molecule has 4 aromatic heterocycles. The zero-order valence-electron chi connectivity index (χ0n) is 15.9. The van der Waals surface area contributed by atoms with Crippen LogP contribution in [0.15, 0.2) is 66.0 Å². The van der Waals surface area contributed by atoms with Gasteiger partial charge in [0.15, 0.2) is 5.65 Å². The van der Waals surface area contributed by atoms with E-state index in [0.717, 1.165) is 33.5 Å². The van der Waals surface area contributed by atoms with Gasteiger partial charge in [-0.15, -0.1) is 0 Å². The van der Waals surface area contributed by atoms with Gasteiger partial charge in [-0.25, -0.2) is 9.97 Å². The highest BCUT2D eigenvalue weighted by atomic mass is 16.5. The third kappa shape index (κ3) is 3.00. The Morgan fingerprint density at radius 3 is 2.79 bits per heavy atom. The van der Waals surface area contributed by atoms with E-state index in [-0.39, 0.29) is 0 Å². The van der Waals surface area contributed by atoms with Gasteiger partial charge in [-0.3, -0.25) is 5.10 Å². The maximum absolute atomic E-state index is 5.55. The summed E-state index contributed by atoms with van der Waals surface area (Å²) in [6.07, 6.45) is 8.85. The van der Waals surface area contributed by atoms with Crippen molar-refractivity contribution in [3.05, 3.63) is 61.6 Å². The molecule has 0 saturated heterocycles. The van der Waals surface area contributed by atoms with Gasteiger partial charge in [0.1, 0.15) is 17.9 Å². The monoisotopic (exact) mass is 386 g/mol. The van der Waals surface area contributed by atoms with E-state index in [9.17, 15) is 0 Å². The second kappa shape index (κ2) is 6.83. The fraction of sp³-hybridized carbons (Fsp3) is 0.0952. The molecule has 0 amide bonds. The Balaban J connectivity index is 1.62. The third-order valence-electron chi connectivity index (χ3n) is 4.78. The normalized spacial score (nSPS) is 11.1. The maximum atomic E-state index is 5.55. The molecule has 0 radical (unpaired) electrons. The van der Waals surface area contributed by atoms with Crippen molar-refractivity contribution in [1.29, 1.82) is 0 Å². The highest BCUT2D eigenvalue weighted by Crippen LogP contribution is 2.36. The molecule has 0 aliphatic carbocycles. The van der Waals surface area contributed by atoms with Gasteiger partial charge in [-0.1, -0.05) is 6.07 Å². The molecule has 8 heteroatoms. The molecule has 0 aliphatic rings. The lowest BCUT2D eigenvalue weighted by Gasteiger charge is -2.13. The lowest BCUT2D eigenvalue weighted by molar-refractivity contribution is 0.417. The quantitative estimate of drug-likeness (QED) is 0.466. The van der Waals surface area contributed by atoms with Crippen molar-refractivity contribution >= 4 is 22.5 Å². The zero-order chi connectivity index (χ0) is 19.8. The number of furan rings is 1. The van der Waals surface area contributed by atoms with Crippen LogP contribution in [0.25, 0.3) is 33.4 Å². The van der Waals surface area contributed by atoms with E-state index in [0.29, 0.717) is 17.2 Å². The number of ether oxygens (including phenoxy) is 1. The lowest BCUT2D eigenvalue weighted by Crippen LogP contribution is -1.99. The average Bonchev–Trinajstić information content (AvgIpc) is 3.49. The largest absolute Gasteiger partial charge is 0.495 e. The number of anilines is 2. The Bertz CT molecular complexity index is 1290. The molecule has 0 fully saturated rings. The SMILES string of the molecule is COc1ccc(-c2ccoc2)cc1Nc1ncnc2n[nH]c(-c3ccn(C)c3)c12. The minimum atomic E-state index is 0.589. The number of fused-ring (bicyclic) bond motifs is 1. The van der Waals surface area contributed by atoms with Crippen LogP contribution in [0.2, 0.25) is 0 Å². The summed E-state index contributed by atoms with van der Waals surface area (Å²) in [5.74, 6) is 1.35. The number of rotatable bonds is 5. The smallest absolute Gasteiger partial charge is 0.186 e. The maximum Gasteiger partial charge on any atom is 0.186 e. The number of aromatic nitrogens is 5. The first-order valence-electron chi connectivity index (χ1n) is 9.02. The van der Waals surface area contributed by atoms with Gasteiger partial charge in [0.25, 0.3) is 0 Å². The van der Waals surface area contributed by atoms with Crippen molar-refractivity contribution in [2.45, 2.75) is 0 Å². The lowest BCUT2D eigenvalue weighted by atomic mass is 10.1. The van der Waals surface area contributed by atoms with Crippen molar-refractivity contribution < 1.29 is 9.15 Å². The third-order valence-corrected chi connectivity index (χ3v) is 4.78. The number of benzene rings is 1. The molecule has 2 N–H and O–H groups in total.